The van der Waals surface area contributed by atoms with Crippen LogP contribution >= 0.6 is 0 Å². The van der Waals surface area contributed by atoms with Gasteiger partial charge in [-0.3, -0.25) is 14.7 Å². The van der Waals surface area contributed by atoms with Crippen LogP contribution in [0.15, 0.2) is 30.5 Å². The number of nitrogens with zero attached hydrogens (tertiary/aromatic N) is 2. The van der Waals surface area contributed by atoms with E-state index in [9.17, 15) is 14.0 Å². The van der Waals surface area contributed by atoms with Gasteiger partial charge in [-0.05, 0) is 30.2 Å². The first kappa shape index (κ1) is 19.0. The lowest BCUT2D eigenvalue weighted by Gasteiger charge is -2.33. The predicted molar refractivity (Wildman–Crippen MR) is 97.5 cm³/mol. The van der Waals surface area contributed by atoms with Gasteiger partial charge in [0.25, 0.3) is 5.91 Å². The monoisotopic (exact) mass is 374 g/mol. The third kappa shape index (κ3) is 4.71. The molecule has 1 fully saturated rings. The van der Waals surface area contributed by atoms with Crippen molar-refractivity contribution >= 4 is 11.8 Å². The van der Waals surface area contributed by atoms with E-state index >= 15 is 0 Å². The fraction of sp³-hybridized carbons (Fsp3) is 0.421. The first-order chi connectivity index (χ1) is 12.9. The van der Waals surface area contributed by atoms with Crippen molar-refractivity contribution in [1.29, 1.82) is 0 Å². The average molecular weight is 374 g/mol. The molecule has 2 amide bonds. The number of benzene rings is 1. The van der Waals surface area contributed by atoms with Gasteiger partial charge in [0.2, 0.25) is 5.91 Å². The van der Waals surface area contributed by atoms with Crippen LogP contribution in [0.5, 0.6) is 0 Å². The zero-order valence-electron chi connectivity index (χ0n) is 15.4. The number of ether oxygens (including phenoxy) is 1. The summed E-state index contributed by atoms with van der Waals surface area (Å²) in [5, 5.41) is 9.53. The number of halogens is 1. The van der Waals surface area contributed by atoms with Crippen LogP contribution in [-0.4, -0.2) is 59.3 Å². The second-order valence-electron chi connectivity index (χ2n) is 7.00. The van der Waals surface area contributed by atoms with E-state index in [1.165, 1.54) is 18.3 Å². The molecule has 0 bridgehead atoms. The molecule has 2 aromatic rings. The van der Waals surface area contributed by atoms with Gasteiger partial charge in [-0.15, -0.1) is 0 Å². The molecule has 144 valence electrons. The summed E-state index contributed by atoms with van der Waals surface area (Å²) in [6.45, 7) is 5.54. The number of carbonyl (C=O) groups is 2. The summed E-state index contributed by atoms with van der Waals surface area (Å²) in [4.78, 5) is 26.2. The van der Waals surface area contributed by atoms with E-state index in [1.54, 1.807) is 17.0 Å². The molecular formula is C19H23FN4O3. The van der Waals surface area contributed by atoms with E-state index in [0.717, 1.165) is 0 Å². The summed E-state index contributed by atoms with van der Waals surface area (Å²) in [6, 6.07) is 5.82. The quantitative estimate of drug-likeness (QED) is 0.808. The molecule has 1 atom stereocenters. The Kier molecular flexibility index (Phi) is 5.85. The number of morpholine rings is 1. The largest absolute Gasteiger partial charge is 0.365 e. The maximum atomic E-state index is 13.1. The van der Waals surface area contributed by atoms with Gasteiger partial charge in [0.1, 0.15) is 12.4 Å². The van der Waals surface area contributed by atoms with Gasteiger partial charge in [-0.25, -0.2) is 4.39 Å². The fourth-order valence-corrected chi connectivity index (χ4v) is 3.02. The highest BCUT2D eigenvalue weighted by molar-refractivity contribution is 5.99. The van der Waals surface area contributed by atoms with Crippen LogP contribution in [0.1, 0.15) is 24.2 Å². The van der Waals surface area contributed by atoms with E-state index < -0.39 is 0 Å². The molecule has 1 aromatic carbocycles. The van der Waals surface area contributed by atoms with Crippen LogP contribution in [-0.2, 0) is 9.53 Å². The molecule has 2 heterocycles. The molecule has 3 rings (SSSR count). The first-order valence-corrected chi connectivity index (χ1v) is 8.91. The Morgan fingerprint density at radius 3 is 2.85 bits per heavy atom. The molecule has 8 heteroatoms. The Morgan fingerprint density at radius 2 is 2.15 bits per heavy atom. The third-order valence-corrected chi connectivity index (χ3v) is 4.31. The highest BCUT2D eigenvalue weighted by Gasteiger charge is 2.27. The molecule has 1 aliphatic rings. The number of hydrogen-bond donors (Lipinski definition) is 2. The second-order valence-corrected chi connectivity index (χ2v) is 7.00. The Hall–Kier alpha value is -2.74. The SMILES string of the molecule is CC(C)CN1CC(CNC(=O)c2cn[nH]c2-c2ccc(F)cc2)OCC1=O. The van der Waals surface area contributed by atoms with E-state index in [0.29, 0.717) is 35.8 Å². The topological polar surface area (TPSA) is 87.3 Å². The van der Waals surface area contributed by atoms with E-state index in [-0.39, 0.29) is 36.9 Å². The molecule has 1 aromatic heterocycles. The Morgan fingerprint density at radius 1 is 1.41 bits per heavy atom. The van der Waals surface area contributed by atoms with Gasteiger partial charge in [-0.2, -0.15) is 5.10 Å². The van der Waals surface area contributed by atoms with E-state index in [2.05, 4.69) is 29.4 Å². The summed E-state index contributed by atoms with van der Waals surface area (Å²) in [5.41, 5.74) is 1.56. The highest BCUT2D eigenvalue weighted by Crippen LogP contribution is 2.21. The number of aromatic nitrogens is 2. The van der Waals surface area contributed by atoms with Crippen molar-refractivity contribution < 1.29 is 18.7 Å². The summed E-state index contributed by atoms with van der Waals surface area (Å²) >= 11 is 0. The Bertz CT molecular complexity index is 804. The summed E-state index contributed by atoms with van der Waals surface area (Å²) < 4.78 is 18.6. The van der Waals surface area contributed by atoms with Crippen LogP contribution < -0.4 is 5.32 Å². The number of nitrogens with one attached hydrogen (secondary N) is 2. The lowest BCUT2D eigenvalue weighted by atomic mass is 10.1. The molecule has 0 spiro atoms. The molecule has 0 aliphatic carbocycles. The third-order valence-electron chi connectivity index (χ3n) is 4.31. The van der Waals surface area contributed by atoms with Crippen molar-refractivity contribution in [2.45, 2.75) is 20.0 Å². The van der Waals surface area contributed by atoms with Gasteiger partial charge in [0.15, 0.2) is 0 Å². The first-order valence-electron chi connectivity index (χ1n) is 8.91. The summed E-state index contributed by atoms with van der Waals surface area (Å²) in [6.07, 6.45) is 1.18. The van der Waals surface area contributed by atoms with Gasteiger partial charge < -0.3 is 15.0 Å². The number of rotatable bonds is 6. The predicted octanol–water partition coefficient (Wildman–Crippen LogP) is 1.83. The van der Waals surface area contributed by atoms with Crippen LogP contribution in [0, 0.1) is 11.7 Å². The number of aromatic amines is 1. The minimum atomic E-state index is -0.348. The molecule has 2 N–H and O–H groups in total. The number of H-pyrrole nitrogens is 1. The summed E-state index contributed by atoms with van der Waals surface area (Å²) in [5.74, 6) is -0.315. The molecule has 7 nitrogen and oxygen atoms in total. The molecular weight excluding hydrogens is 351 g/mol. The Labute approximate surface area is 156 Å². The maximum Gasteiger partial charge on any atom is 0.255 e. The van der Waals surface area contributed by atoms with Gasteiger partial charge in [-0.1, -0.05) is 13.8 Å². The highest BCUT2D eigenvalue weighted by atomic mass is 19.1. The molecule has 1 aliphatic heterocycles. The number of amides is 2. The van der Waals surface area contributed by atoms with Crippen molar-refractivity contribution in [2.75, 3.05) is 26.2 Å². The van der Waals surface area contributed by atoms with Crippen LogP contribution in [0.2, 0.25) is 0 Å². The summed E-state index contributed by atoms with van der Waals surface area (Å²) in [7, 11) is 0. The molecule has 0 saturated carbocycles. The van der Waals surface area contributed by atoms with Crippen molar-refractivity contribution in [3.05, 3.63) is 41.8 Å². The smallest absolute Gasteiger partial charge is 0.255 e. The van der Waals surface area contributed by atoms with E-state index in [1.807, 2.05) is 0 Å². The lowest BCUT2D eigenvalue weighted by molar-refractivity contribution is -0.149. The normalized spacial score (nSPS) is 17.4. The number of hydrogen-bond acceptors (Lipinski definition) is 4. The van der Waals surface area contributed by atoms with Crippen molar-refractivity contribution in [1.82, 2.24) is 20.4 Å². The van der Waals surface area contributed by atoms with Gasteiger partial charge >= 0.3 is 0 Å². The minimum Gasteiger partial charge on any atom is -0.365 e. The van der Waals surface area contributed by atoms with Gasteiger partial charge in [0.05, 0.1) is 23.6 Å². The number of carbonyl (C=O) groups excluding carboxylic acids is 2. The van der Waals surface area contributed by atoms with Gasteiger partial charge in [0, 0.05) is 25.2 Å². The van der Waals surface area contributed by atoms with Crippen LogP contribution in [0.4, 0.5) is 4.39 Å². The molecule has 1 saturated heterocycles. The van der Waals surface area contributed by atoms with Crippen molar-refractivity contribution in [3.63, 3.8) is 0 Å². The maximum absolute atomic E-state index is 13.1. The molecule has 27 heavy (non-hydrogen) atoms. The average Bonchev–Trinajstić information content (AvgIpc) is 3.12. The van der Waals surface area contributed by atoms with Crippen molar-refractivity contribution in [2.24, 2.45) is 5.92 Å². The standard InChI is InChI=1S/C19H23FN4O3/c1-12(2)9-24-10-15(27-11-17(24)25)7-21-19(26)16-8-22-23-18(16)13-3-5-14(20)6-4-13/h3-6,8,12,15H,7,9-11H2,1-2H3,(H,21,26)(H,22,23). The zero-order chi connectivity index (χ0) is 19.4. The minimum absolute atomic E-state index is 0.0276. The molecule has 0 radical (unpaired) electrons. The molecule has 1 unspecified atom stereocenters. The van der Waals surface area contributed by atoms with Crippen LogP contribution in [0.3, 0.4) is 0 Å². The van der Waals surface area contributed by atoms with E-state index in [4.69, 9.17) is 4.74 Å². The Balaban J connectivity index is 1.61. The lowest BCUT2D eigenvalue weighted by Crippen LogP contribution is -2.51. The fourth-order valence-electron chi connectivity index (χ4n) is 3.02. The zero-order valence-corrected chi connectivity index (χ0v) is 15.4. The second kappa shape index (κ2) is 8.30. The van der Waals surface area contributed by atoms with Crippen LogP contribution in [0.25, 0.3) is 11.3 Å². The van der Waals surface area contributed by atoms with Crippen molar-refractivity contribution in [3.8, 4) is 11.3 Å².